The van der Waals surface area contributed by atoms with Crippen LogP contribution >= 0.6 is 12.4 Å². The lowest BCUT2D eigenvalue weighted by molar-refractivity contribution is -0.137. The van der Waals surface area contributed by atoms with Crippen LogP contribution in [0, 0.1) is 5.92 Å². The van der Waals surface area contributed by atoms with E-state index in [4.69, 9.17) is 5.11 Å². The third-order valence-electron chi connectivity index (χ3n) is 7.94. The minimum atomic E-state index is -0.705. The predicted molar refractivity (Wildman–Crippen MR) is 130 cm³/mol. The second-order valence-corrected chi connectivity index (χ2v) is 10.3. The summed E-state index contributed by atoms with van der Waals surface area (Å²) < 4.78 is 0. The Balaban J connectivity index is 0.00000289. The van der Waals surface area contributed by atoms with Crippen LogP contribution in [0.4, 0.5) is 10.5 Å². The molecule has 7 heteroatoms. The van der Waals surface area contributed by atoms with Gasteiger partial charge in [0.05, 0.1) is 0 Å². The monoisotopic (exact) mass is 463 g/mol. The van der Waals surface area contributed by atoms with Gasteiger partial charge in [0, 0.05) is 43.3 Å². The lowest BCUT2D eigenvalue weighted by atomic mass is 9.83. The molecule has 2 fully saturated rings. The molecule has 2 aliphatic heterocycles. The number of carbonyl (C=O) groups excluding carboxylic acids is 1. The minimum Gasteiger partial charge on any atom is -0.481 e. The summed E-state index contributed by atoms with van der Waals surface area (Å²) in [4.78, 5) is 30.5. The molecule has 178 valence electrons. The van der Waals surface area contributed by atoms with Crippen molar-refractivity contribution in [2.24, 2.45) is 5.92 Å². The fraction of sp³-hybridized carbons (Fsp3) is 0.680. The van der Waals surface area contributed by atoms with E-state index in [1.165, 1.54) is 11.1 Å². The first-order valence-electron chi connectivity index (χ1n) is 11.9. The number of hydrogen-bond acceptors (Lipinski definition) is 3. The Bertz CT molecular complexity index is 836. The number of aliphatic carboxylic acids is 1. The van der Waals surface area contributed by atoms with Crippen LogP contribution in [0.5, 0.6) is 0 Å². The van der Waals surface area contributed by atoms with Crippen LogP contribution in [-0.4, -0.2) is 65.2 Å². The highest BCUT2D eigenvalue weighted by molar-refractivity contribution is 5.94. The van der Waals surface area contributed by atoms with Gasteiger partial charge in [-0.05, 0) is 95.0 Å². The van der Waals surface area contributed by atoms with Gasteiger partial charge in [-0.1, -0.05) is 6.07 Å². The standard InChI is InChI=1S/C25H37N3O3.ClH/c1-25(2)17-20-7-10-22(16-19(20)12-13-26(25)3)28-15-14-27(24(28)31)21-8-4-18(5-9-21)6-11-23(29)30;/h7,10,16,18,21H,4-6,8-9,11-15,17H2,1-3H3,(H,29,30);1H. The van der Waals surface area contributed by atoms with Crippen LogP contribution in [-0.2, 0) is 17.6 Å². The molecule has 0 atom stereocenters. The summed E-state index contributed by atoms with van der Waals surface area (Å²) in [5, 5.41) is 8.91. The number of nitrogens with zero attached hydrogens (tertiary/aromatic N) is 3. The topological polar surface area (TPSA) is 64.1 Å². The van der Waals surface area contributed by atoms with Gasteiger partial charge in [0.1, 0.15) is 0 Å². The largest absolute Gasteiger partial charge is 0.481 e. The van der Waals surface area contributed by atoms with E-state index >= 15 is 0 Å². The van der Waals surface area contributed by atoms with E-state index in [0.717, 1.165) is 70.3 Å². The average Bonchev–Trinajstić information content (AvgIpc) is 3.07. The number of amides is 2. The fourth-order valence-corrected chi connectivity index (χ4v) is 5.58. The summed E-state index contributed by atoms with van der Waals surface area (Å²) in [6.07, 6.45) is 7.14. The van der Waals surface area contributed by atoms with Crippen LogP contribution in [0.15, 0.2) is 18.2 Å². The van der Waals surface area contributed by atoms with Gasteiger partial charge in [0.2, 0.25) is 0 Å². The molecule has 0 aromatic heterocycles. The van der Waals surface area contributed by atoms with E-state index in [-0.39, 0.29) is 30.4 Å². The molecule has 0 spiro atoms. The minimum absolute atomic E-state index is 0. The molecular formula is C25H38ClN3O3. The maximum absolute atomic E-state index is 13.3. The fourth-order valence-electron chi connectivity index (χ4n) is 5.58. The van der Waals surface area contributed by atoms with Gasteiger partial charge in [0.25, 0.3) is 0 Å². The molecule has 0 bridgehead atoms. The molecule has 4 rings (SSSR count). The number of halogens is 1. The van der Waals surface area contributed by atoms with E-state index < -0.39 is 5.97 Å². The number of fused-ring (bicyclic) bond motifs is 1. The number of urea groups is 1. The molecule has 0 radical (unpaired) electrons. The van der Waals surface area contributed by atoms with Crippen LogP contribution in [0.1, 0.15) is 63.5 Å². The Hall–Kier alpha value is -1.79. The van der Waals surface area contributed by atoms with Crippen molar-refractivity contribution in [3.8, 4) is 0 Å². The van der Waals surface area contributed by atoms with Crippen molar-refractivity contribution in [3.63, 3.8) is 0 Å². The molecule has 1 N–H and O–H groups in total. The number of likely N-dealkylation sites (N-methyl/N-ethyl adjacent to an activating group) is 1. The van der Waals surface area contributed by atoms with Gasteiger partial charge in [-0.3, -0.25) is 9.69 Å². The van der Waals surface area contributed by atoms with Crippen molar-refractivity contribution < 1.29 is 14.7 Å². The van der Waals surface area contributed by atoms with Crippen molar-refractivity contribution in [2.45, 2.75) is 76.8 Å². The van der Waals surface area contributed by atoms with Gasteiger partial charge >= 0.3 is 12.0 Å². The predicted octanol–water partition coefficient (Wildman–Crippen LogP) is 4.58. The second kappa shape index (κ2) is 10.0. The number of hydrogen-bond donors (Lipinski definition) is 1. The van der Waals surface area contributed by atoms with Crippen molar-refractivity contribution >= 4 is 30.1 Å². The van der Waals surface area contributed by atoms with E-state index in [1.54, 1.807) is 0 Å². The molecule has 2 heterocycles. The normalized spacial score (nSPS) is 25.8. The molecule has 1 aliphatic carbocycles. The molecular weight excluding hydrogens is 426 g/mol. The van der Waals surface area contributed by atoms with Gasteiger partial charge in [-0.25, -0.2) is 4.79 Å². The summed E-state index contributed by atoms with van der Waals surface area (Å²) in [5.74, 6) is -0.212. The van der Waals surface area contributed by atoms with Crippen LogP contribution in [0.2, 0.25) is 0 Å². The zero-order valence-electron chi connectivity index (χ0n) is 19.7. The first kappa shape index (κ1) is 24.8. The highest BCUT2D eigenvalue weighted by Gasteiger charge is 2.37. The van der Waals surface area contributed by atoms with Gasteiger partial charge in [-0.2, -0.15) is 0 Å². The zero-order valence-corrected chi connectivity index (χ0v) is 20.5. The maximum Gasteiger partial charge on any atom is 0.324 e. The van der Waals surface area contributed by atoms with Crippen molar-refractivity contribution in [1.29, 1.82) is 0 Å². The molecule has 3 aliphatic rings. The Morgan fingerprint density at radius 2 is 1.81 bits per heavy atom. The summed E-state index contributed by atoms with van der Waals surface area (Å²) in [7, 11) is 2.20. The van der Waals surface area contributed by atoms with Crippen LogP contribution in [0.3, 0.4) is 0 Å². The first-order valence-corrected chi connectivity index (χ1v) is 11.9. The number of carboxylic acids is 1. The van der Waals surface area contributed by atoms with Crippen molar-refractivity contribution in [3.05, 3.63) is 29.3 Å². The van der Waals surface area contributed by atoms with Gasteiger partial charge in [-0.15, -0.1) is 12.4 Å². The third kappa shape index (κ3) is 5.23. The molecule has 2 amide bonds. The average molecular weight is 464 g/mol. The summed E-state index contributed by atoms with van der Waals surface area (Å²) in [6.45, 7) is 7.18. The number of anilines is 1. The molecule has 1 saturated carbocycles. The molecule has 0 unspecified atom stereocenters. The van der Waals surface area contributed by atoms with E-state index in [9.17, 15) is 9.59 Å². The maximum atomic E-state index is 13.3. The summed E-state index contributed by atoms with van der Waals surface area (Å²) in [6, 6.07) is 7.04. The van der Waals surface area contributed by atoms with E-state index in [2.05, 4.69) is 48.9 Å². The SMILES string of the molecule is CN1CCc2cc(N3CCN(C4CCC(CCC(=O)O)CC4)C3=O)ccc2CC1(C)C.Cl. The summed E-state index contributed by atoms with van der Waals surface area (Å²) >= 11 is 0. The number of benzene rings is 1. The van der Waals surface area contributed by atoms with Crippen LogP contribution in [0.25, 0.3) is 0 Å². The lowest BCUT2D eigenvalue weighted by Crippen LogP contribution is -2.42. The van der Waals surface area contributed by atoms with E-state index in [1.807, 2.05) is 4.90 Å². The summed E-state index contributed by atoms with van der Waals surface area (Å²) in [5.41, 5.74) is 3.96. The smallest absolute Gasteiger partial charge is 0.324 e. The van der Waals surface area contributed by atoms with Gasteiger partial charge < -0.3 is 14.9 Å². The lowest BCUT2D eigenvalue weighted by Gasteiger charge is -2.34. The molecule has 6 nitrogen and oxygen atoms in total. The Morgan fingerprint density at radius 3 is 2.50 bits per heavy atom. The number of carboxylic acid groups (broad SMARTS) is 1. The van der Waals surface area contributed by atoms with Crippen LogP contribution < -0.4 is 4.90 Å². The Labute approximate surface area is 198 Å². The Morgan fingerprint density at radius 1 is 1.09 bits per heavy atom. The molecule has 1 saturated heterocycles. The molecule has 1 aromatic rings. The van der Waals surface area contributed by atoms with Gasteiger partial charge in [0.15, 0.2) is 0 Å². The highest BCUT2D eigenvalue weighted by atomic mass is 35.5. The van der Waals surface area contributed by atoms with Crippen molar-refractivity contribution in [2.75, 3.05) is 31.6 Å². The van der Waals surface area contributed by atoms with Crippen molar-refractivity contribution in [1.82, 2.24) is 9.80 Å². The molecule has 1 aromatic carbocycles. The first-order chi connectivity index (χ1) is 14.7. The number of rotatable bonds is 5. The number of carbonyl (C=O) groups is 2. The quantitative estimate of drug-likeness (QED) is 0.694. The Kier molecular flexibility index (Phi) is 7.77. The zero-order chi connectivity index (χ0) is 22.2. The molecule has 32 heavy (non-hydrogen) atoms. The highest BCUT2D eigenvalue weighted by Crippen LogP contribution is 2.34. The third-order valence-corrected chi connectivity index (χ3v) is 7.94. The van der Waals surface area contributed by atoms with E-state index in [0.29, 0.717) is 12.0 Å². The second-order valence-electron chi connectivity index (χ2n) is 10.3.